The Balaban J connectivity index is 2.79. The quantitative estimate of drug-likeness (QED) is 0.746. The van der Waals surface area contributed by atoms with Crippen LogP contribution in [-0.4, -0.2) is 36.1 Å². The molecule has 1 aliphatic rings. The highest BCUT2D eigenvalue weighted by molar-refractivity contribution is 4.98. The van der Waals surface area contributed by atoms with E-state index in [1.54, 1.807) is 0 Å². The second kappa shape index (κ2) is 7.49. The zero-order valence-corrected chi connectivity index (χ0v) is 13.3. The number of nitrogens with zero attached hydrogens (tertiary/aromatic N) is 1. The first-order valence-corrected chi connectivity index (χ1v) is 8.04. The second-order valence-corrected chi connectivity index (χ2v) is 6.43. The van der Waals surface area contributed by atoms with E-state index in [1.807, 2.05) is 0 Å². The molecule has 0 bridgehead atoms. The Hall–Kier alpha value is -0.0800. The van der Waals surface area contributed by atoms with Crippen LogP contribution in [0.4, 0.5) is 0 Å². The maximum atomic E-state index is 3.82. The van der Waals surface area contributed by atoms with Gasteiger partial charge in [0.25, 0.3) is 0 Å². The van der Waals surface area contributed by atoms with Gasteiger partial charge in [-0.25, -0.2) is 0 Å². The average molecular weight is 254 g/mol. The SMILES string of the molecule is CCCNC(C(C)C)C(C)(CC)N1CCCCC1. The van der Waals surface area contributed by atoms with Crippen molar-refractivity contribution in [2.24, 2.45) is 5.92 Å². The fraction of sp³-hybridized carbons (Fsp3) is 1.00. The van der Waals surface area contributed by atoms with Gasteiger partial charge in [-0.2, -0.15) is 0 Å². The standard InChI is InChI=1S/C16H34N2/c1-6-11-17-15(14(3)4)16(5,7-2)18-12-9-8-10-13-18/h14-15,17H,6-13H2,1-5H3. The summed E-state index contributed by atoms with van der Waals surface area (Å²) in [5.41, 5.74) is 0.323. The van der Waals surface area contributed by atoms with Gasteiger partial charge in [0.05, 0.1) is 0 Å². The first kappa shape index (κ1) is 16.0. The molecule has 18 heavy (non-hydrogen) atoms. The van der Waals surface area contributed by atoms with Gasteiger partial charge in [-0.1, -0.05) is 34.1 Å². The molecule has 1 N–H and O–H groups in total. The van der Waals surface area contributed by atoms with Crippen LogP contribution in [0, 0.1) is 5.92 Å². The normalized spacial score (nSPS) is 23.0. The minimum atomic E-state index is 0.323. The summed E-state index contributed by atoms with van der Waals surface area (Å²) in [6.07, 6.45) is 6.66. The highest BCUT2D eigenvalue weighted by Gasteiger charge is 2.39. The van der Waals surface area contributed by atoms with Crippen LogP contribution in [0.5, 0.6) is 0 Å². The van der Waals surface area contributed by atoms with Crippen LogP contribution in [0.1, 0.15) is 66.7 Å². The van der Waals surface area contributed by atoms with E-state index in [1.165, 1.54) is 45.2 Å². The van der Waals surface area contributed by atoms with Crippen molar-refractivity contribution >= 4 is 0 Å². The van der Waals surface area contributed by atoms with Gasteiger partial charge < -0.3 is 5.32 Å². The lowest BCUT2D eigenvalue weighted by Crippen LogP contribution is -2.62. The van der Waals surface area contributed by atoms with Crippen molar-refractivity contribution in [3.8, 4) is 0 Å². The van der Waals surface area contributed by atoms with E-state index in [9.17, 15) is 0 Å². The smallest absolute Gasteiger partial charge is 0.0334 e. The van der Waals surface area contributed by atoms with Gasteiger partial charge in [0.2, 0.25) is 0 Å². The Labute approximate surface area is 115 Å². The lowest BCUT2D eigenvalue weighted by molar-refractivity contribution is 0.0282. The van der Waals surface area contributed by atoms with Crippen molar-refractivity contribution in [3.63, 3.8) is 0 Å². The molecule has 108 valence electrons. The van der Waals surface area contributed by atoms with E-state index in [0.29, 0.717) is 17.5 Å². The second-order valence-electron chi connectivity index (χ2n) is 6.43. The van der Waals surface area contributed by atoms with Crippen molar-refractivity contribution in [2.45, 2.75) is 78.3 Å². The number of nitrogens with one attached hydrogen (secondary N) is 1. The number of rotatable bonds is 7. The summed E-state index contributed by atoms with van der Waals surface area (Å²) < 4.78 is 0. The lowest BCUT2D eigenvalue weighted by atomic mass is 9.80. The molecule has 1 heterocycles. The fourth-order valence-electron chi connectivity index (χ4n) is 3.52. The number of hydrogen-bond donors (Lipinski definition) is 1. The molecule has 0 aromatic heterocycles. The molecule has 2 atom stereocenters. The topological polar surface area (TPSA) is 15.3 Å². The molecule has 0 radical (unpaired) electrons. The Kier molecular flexibility index (Phi) is 6.65. The number of piperidine rings is 1. The zero-order chi connectivity index (χ0) is 13.6. The molecular weight excluding hydrogens is 220 g/mol. The summed E-state index contributed by atoms with van der Waals surface area (Å²) in [6.45, 7) is 15.6. The monoisotopic (exact) mass is 254 g/mol. The number of hydrogen-bond acceptors (Lipinski definition) is 2. The Morgan fingerprint density at radius 2 is 1.72 bits per heavy atom. The van der Waals surface area contributed by atoms with Gasteiger partial charge in [0, 0.05) is 11.6 Å². The molecule has 1 saturated heterocycles. The molecule has 0 aromatic carbocycles. The van der Waals surface area contributed by atoms with Gasteiger partial charge in [-0.15, -0.1) is 0 Å². The maximum Gasteiger partial charge on any atom is 0.0334 e. The van der Waals surface area contributed by atoms with E-state index < -0.39 is 0 Å². The van der Waals surface area contributed by atoms with Crippen molar-refractivity contribution in [2.75, 3.05) is 19.6 Å². The van der Waals surface area contributed by atoms with E-state index in [2.05, 4.69) is 44.8 Å². The lowest BCUT2D eigenvalue weighted by Gasteiger charge is -2.50. The van der Waals surface area contributed by atoms with Gasteiger partial charge in [-0.05, 0) is 58.2 Å². The molecule has 1 fully saturated rings. The van der Waals surface area contributed by atoms with E-state index in [4.69, 9.17) is 0 Å². The van der Waals surface area contributed by atoms with Crippen LogP contribution >= 0.6 is 0 Å². The van der Waals surface area contributed by atoms with Crippen LogP contribution in [0.3, 0.4) is 0 Å². The minimum Gasteiger partial charge on any atom is -0.312 e. The fourth-order valence-corrected chi connectivity index (χ4v) is 3.52. The summed E-state index contributed by atoms with van der Waals surface area (Å²) in [5, 5.41) is 3.82. The molecule has 1 aliphatic heterocycles. The predicted molar refractivity (Wildman–Crippen MR) is 81.0 cm³/mol. The van der Waals surface area contributed by atoms with Crippen LogP contribution in [0.25, 0.3) is 0 Å². The summed E-state index contributed by atoms with van der Waals surface area (Å²) in [5.74, 6) is 0.698. The largest absolute Gasteiger partial charge is 0.312 e. The molecule has 0 aromatic rings. The van der Waals surface area contributed by atoms with Gasteiger partial charge in [0.15, 0.2) is 0 Å². The molecule has 0 spiro atoms. The number of likely N-dealkylation sites (tertiary alicyclic amines) is 1. The summed E-state index contributed by atoms with van der Waals surface area (Å²) in [4.78, 5) is 2.75. The van der Waals surface area contributed by atoms with Crippen LogP contribution in [0.15, 0.2) is 0 Å². The Bertz CT molecular complexity index is 221. The molecule has 0 saturated carbocycles. The zero-order valence-electron chi connectivity index (χ0n) is 13.3. The average Bonchev–Trinajstić information content (AvgIpc) is 2.39. The Morgan fingerprint density at radius 1 is 1.11 bits per heavy atom. The van der Waals surface area contributed by atoms with E-state index in [0.717, 1.165) is 6.54 Å². The highest BCUT2D eigenvalue weighted by Crippen LogP contribution is 2.30. The maximum absolute atomic E-state index is 3.82. The van der Waals surface area contributed by atoms with Crippen molar-refractivity contribution < 1.29 is 0 Å². The third-order valence-corrected chi connectivity index (χ3v) is 4.75. The third-order valence-electron chi connectivity index (χ3n) is 4.75. The van der Waals surface area contributed by atoms with Crippen molar-refractivity contribution in [1.82, 2.24) is 10.2 Å². The van der Waals surface area contributed by atoms with Gasteiger partial charge in [0.1, 0.15) is 0 Å². The highest BCUT2D eigenvalue weighted by atomic mass is 15.2. The molecule has 0 amide bonds. The van der Waals surface area contributed by atoms with Gasteiger partial charge >= 0.3 is 0 Å². The third kappa shape index (κ3) is 3.71. The first-order chi connectivity index (χ1) is 8.56. The predicted octanol–water partition coefficient (Wildman–Crippen LogP) is 3.67. The summed E-state index contributed by atoms with van der Waals surface area (Å²) in [6, 6.07) is 0.612. The molecule has 2 heteroatoms. The minimum absolute atomic E-state index is 0.323. The van der Waals surface area contributed by atoms with E-state index in [-0.39, 0.29) is 0 Å². The van der Waals surface area contributed by atoms with Crippen LogP contribution in [0.2, 0.25) is 0 Å². The van der Waals surface area contributed by atoms with Crippen molar-refractivity contribution in [1.29, 1.82) is 0 Å². The van der Waals surface area contributed by atoms with Crippen LogP contribution in [-0.2, 0) is 0 Å². The van der Waals surface area contributed by atoms with Gasteiger partial charge in [-0.3, -0.25) is 4.90 Å². The van der Waals surface area contributed by atoms with E-state index >= 15 is 0 Å². The molecular formula is C16H34N2. The molecule has 1 rings (SSSR count). The molecule has 2 nitrogen and oxygen atoms in total. The Morgan fingerprint density at radius 3 is 2.17 bits per heavy atom. The molecule has 2 unspecified atom stereocenters. The summed E-state index contributed by atoms with van der Waals surface area (Å²) in [7, 11) is 0. The first-order valence-electron chi connectivity index (χ1n) is 8.04. The van der Waals surface area contributed by atoms with Crippen molar-refractivity contribution in [3.05, 3.63) is 0 Å². The van der Waals surface area contributed by atoms with Crippen LogP contribution < -0.4 is 5.32 Å². The molecule has 0 aliphatic carbocycles. The summed E-state index contributed by atoms with van der Waals surface area (Å²) >= 11 is 0.